The molecule has 0 saturated carbocycles. The summed E-state index contributed by atoms with van der Waals surface area (Å²) in [5.74, 6) is 1.15. The zero-order valence-corrected chi connectivity index (χ0v) is 17.4. The number of hydrogen-bond acceptors (Lipinski definition) is 5. The molecule has 0 atom stereocenters. The highest BCUT2D eigenvalue weighted by Gasteiger charge is 2.13. The number of aryl methyl sites for hydroxylation is 3. The number of nitrogens with zero attached hydrogens (tertiary/aromatic N) is 1. The monoisotopic (exact) mass is 396 g/mol. The number of carbonyl (C=O) groups is 1. The third-order valence-corrected chi connectivity index (χ3v) is 5.21. The summed E-state index contributed by atoms with van der Waals surface area (Å²) in [6, 6.07) is 13.5. The molecule has 2 aromatic carbocycles. The number of ether oxygens (including phenoxy) is 2. The highest BCUT2D eigenvalue weighted by atomic mass is 32.1. The average Bonchev–Trinajstić information content (AvgIpc) is 3.03. The molecule has 3 aromatic rings. The molecule has 0 aliphatic carbocycles. The second-order valence-corrected chi connectivity index (χ2v) is 7.67. The molecule has 1 N–H and O–H groups in total. The van der Waals surface area contributed by atoms with Crippen LogP contribution in [0.15, 0.2) is 42.5 Å². The van der Waals surface area contributed by atoms with E-state index < -0.39 is 0 Å². The summed E-state index contributed by atoms with van der Waals surface area (Å²) < 4.78 is 10.9. The Morgan fingerprint density at radius 2 is 1.68 bits per heavy atom. The van der Waals surface area contributed by atoms with Crippen molar-refractivity contribution in [3.05, 3.63) is 58.5 Å². The van der Waals surface area contributed by atoms with Gasteiger partial charge in [-0.3, -0.25) is 10.1 Å². The second-order valence-electron chi connectivity index (χ2n) is 6.46. The van der Waals surface area contributed by atoms with E-state index in [1.165, 1.54) is 22.5 Å². The SMILES string of the molecule is CCOc1ccc(OCC(=O)Nc2nc(-c3ccc(C)c(C)c3)c(C)s2)cc1. The molecule has 0 fully saturated rings. The Morgan fingerprint density at radius 1 is 1.00 bits per heavy atom. The van der Waals surface area contributed by atoms with Crippen LogP contribution in [0.25, 0.3) is 11.3 Å². The predicted molar refractivity (Wildman–Crippen MR) is 113 cm³/mol. The molecular formula is C22H24N2O3S. The summed E-state index contributed by atoms with van der Waals surface area (Å²) in [7, 11) is 0. The van der Waals surface area contributed by atoms with Crippen molar-refractivity contribution in [3.63, 3.8) is 0 Å². The zero-order valence-electron chi connectivity index (χ0n) is 16.5. The van der Waals surface area contributed by atoms with E-state index in [4.69, 9.17) is 9.47 Å². The van der Waals surface area contributed by atoms with E-state index in [0.29, 0.717) is 17.5 Å². The van der Waals surface area contributed by atoms with E-state index in [1.54, 1.807) is 12.1 Å². The lowest BCUT2D eigenvalue weighted by Crippen LogP contribution is -2.20. The molecule has 3 rings (SSSR count). The molecule has 146 valence electrons. The number of rotatable bonds is 7. The summed E-state index contributed by atoms with van der Waals surface area (Å²) >= 11 is 1.46. The van der Waals surface area contributed by atoms with E-state index in [9.17, 15) is 4.79 Å². The van der Waals surface area contributed by atoms with Crippen molar-refractivity contribution in [2.45, 2.75) is 27.7 Å². The van der Waals surface area contributed by atoms with Crippen LogP contribution in [0, 0.1) is 20.8 Å². The Kier molecular flexibility index (Phi) is 6.31. The third kappa shape index (κ3) is 4.89. The number of amides is 1. The molecule has 5 nitrogen and oxygen atoms in total. The first-order valence-electron chi connectivity index (χ1n) is 9.17. The first kappa shape index (κ1) is 19.9. The molecule has 0 bridgehead atoms. The minimum atomic E-state index is -0.241. The second kappa shape index (κ2) is 8.89. The van der Waals surface area contributed by atoms with Gasteiger partial charge in [0.05, 0.1) is 12.3 Å². The van der Waals surface area contributed by atoms with E-state index in [0.717, 1.165) is 21.9 Å². The average molecular weight is 397 g/mol. The van der Waals surface area contributed by atoms with Crippen molar-refractivity contribution < 1.29 is 14.3 Å². The largest absolute Gasteiger partial charge is 0.494 e. The molecule has 1 heterocycles. The van der Waals surface area contributed by atoms with Gasteiger partial charge in [0.25, 0.3) is 5.91 Å². The number of nitrogens with one attached hydrogen (secondary N) is 1. The Hall–Kier alpha value is -2.86. The lowest BCUT2D eigenvalue weighted by molar-refractivity contribution is -0.118. The van der Waals surface area contributed by atoms with Crippen LogP contribution < -0.4 is 14.8 Å². The first-order valence-corrected chi connectivity index (χ1v) is 9.98. The highest BCUT2D eigenvalue weighted by molar-refractivity contribution is 7.16. The van der Waals surface area contributed by atoms with Gasteiger partial charge in [-0.2, -0.15) is 0 Å². The predicted octanol–water partition coefficient (Wildman–Crippen LogP) is 5.15. The highest BCUT2D eigenvalue weighted by Crippen LogP contribution is 2.31. The molecule has 6 heteroatoms. The summed E-state index contributed by atoms with van der Waals surface area (Å²) in [4.78, 5) is 17.9. The van der Waals surface area contributed by atoms with Gasteiger partial charge >= 0.3 is 0 Å². The molecule has 0 spiro atoms. The van der Waals surface area contributed by atoms with Crippen LogP contribution in [0.1, 0.15) is 22.9 Å². The van der Waals surface area contributed by atoms with Crippen molar-refractivity contribution in [2.75, 3.05) is 18.5 Å². The minimum Gasteiger partial charge on any atom is -0.494 e. The van der Waals surface area contributed by atoms with Crippen molar-refractivity contribution in [1.29, 1.82) is 0 Å². The summed E-state index contributed by atoms with van der Waals surface area (Å²) in [5.41, 5.74) is 4.43. The van der Waals surface area contributed by atoms with Crippen LogP contribution in [-0.2, 0) is 4.79 Å². The first-order chi connectivity index (χ1) is 13.5. The maximum absolute atomic E-state index is 12.2. The van der Waals surface area contributed by atoms with Gasteiger partial charge in [0.2, 0.25) is 0 Å². The minimum absolute atomic E-state index is 0.0778. The molecule has 0 saturated heterocycles. The van der Waals surface area contributed by atoms with Crippen LogP contribution in [-0.4, -0.2) is 24.1 Å². The van der Waals surface area contributed by atoms with Crippen molar-refractivity contribution in [3.8, 4) is 22.8 Å². The molecule has 0 radical (unpaired) electrons. The summed E-state index contributed by atoms with van der Waals surface area (Å²) in [6.45, 7) is 8.64. The van der Waals surface area contributed by atoms with Gasteiger partial charge in [-0.1, -0.05) is 12.1 Å². The molecule has 0 aliphatic rings. The van der Waals surface area contributed by atoms with Gasteiger partial charge in [-0.05, 0) is 69.2 Å². The van der Waals surface area contributed by atoms with E-state index in [1.807, 2.05) is 26.0 Å². The molecule has 1 aromatic heterocycles. The van der Waals surface area contributed by atoms with Gasteiger partial charge < -0.3 is 9.47 Å². The van der Waals surface area contributed by atoms with E-state index in [2.05, 4.69) is 42.3 Å². The van der Waals surface area contributed by atoms with Crippen LogP contribution in [0.2, 0.25) is 0 Å². The lowest BCUT2D eigenvalue weighted by atomic mass is 10.0. The number of benzene rings is 2. The molecule has 1 amide bonds. The number of aromatic nitrogens is 1. The summed E-state index contributed by atoms with van der Waals surface area (Å²) in [6.07, 6.45) is 0. The van der Waals surface area contributed by atoms with Gasteiger partial charge in [0.1, 0.15) is 11.5 Å². The fraction of sp³-hybridized carbons (Fsp3) is 0.273. The van der Waals surface area contributed by atoms with Crippen LogP contribution in [0.4, 0.5) is 5.13 Å². The van der Waals surface area contributed by atoms with Crippen LogP contribution in [0.3, 0.4) is 0 Å². The Morgan fingerprint density at radius 3 is 2.32 bits per heavy atom. The van der Waals surface area contributed by atoms with Crippen LogP contribution >= 0.6 is 11.3 Å². The fourth-order valence-electron chi connectivity index (χ4n) is 2.71. The third-order valence-electron chi connectivity index (χ3n) is 4.33. The topological polar surface area (TPSA) is 60.5 Å². The van der Waals surface area contributed by atoms with E-state index >= 15 is 0 Å². The standard InChI is InChI=1S/C22H24N2O3S/c1-5-26-18-8-10-19(11-9-18)27-13-20(25)23-22-24-21(16(4)28-22)17-7-6-14(2)15(3)12-17/h6-12H,5,13H2,1-4H3,(H,23,24,25). The fourth-order valence-corrected chi connectivity index (χ4v) is 3.56. The zero-order chi connectivity index (χ0) is 20.1. The van der Waals surface area contributed by atoms with Gasteiger partial charge in [-0.15, -0.1) is 11.3 Å². The van der Waals surface area contributed by atoms with Crippen molar-refractivity contribution in [1.82, 2.24) is 4.98 Å². The number of hydrogen-bond donors (Lipinski definition) is 1. The normalized spacial score (nSPS) is 10.6. The molecular weight excluding hydrogens is 372 g/mol. The smallest absolute Gasteiger partial charge is 0.264 e. The van der Waals surface area contributed by atoms with E-state index in [-0.39, 0.29) is 12.5 Å². The Labute approximate surface area is 169 Å². The molecule has 0 aliphatic heterocycles. The Balaban J connectivity index is 1.60. The van der Waals surface area contributed by atoms with Crippen LogP contribution in [0.5, 0.6) is 11.5 Å². The molecule has 0 unspecified atom stereocenters. The van der Waals surface area contributed by atoms with Gasteiger partial charge in [0, 0.05) is 10.4 Å². The van der Waals surface area contributed by atoms with Gasteiger partial charge in [0.15, 0.2) is 11.7 Å². The number of thiazole rings is 1. The maximum atomic E-state index is 12.2. The number of anilines is 1. The lowest BCUT2D eigenvalue weighted by Gasteiger charge is -2.07. The van der Waals surface area contributed by atoms with Crippen molar-refractivity contribution in [2.24, 2.45) is 0 Å². The summed E-state index contributed by atoms with van der Waals surface area (Å²) in [5, 5.41) is 3.39. The number of carbonyl (C=O) groups excluding carboxylic acids is 1. The molecule has 28 heavy (non-hydrogen) atoms. The quantitative estimate of drug-likeness (QED) is 0.600. The van der Waals surface area contributed by atoms with Gasteiger partial charge in [-0.25, -0.2) is 4.98 Å². The Bertz CT molecular complexity index is 964. The van der Waals surface area contributed by atoms with Crippen molar-refractivity contribution >= 4 is 22.4 Å². The maximum Gasteiger partial charge on any atom is 0.264 e.